The topological polar surface area (TPSA) is 68.5 Å². The normalized spacial score (nSPS) is 18.2. The summed E-state index contributed by atoms with van der Waals surface area (Å²) in [6, 6.07) is 0. The van der Waals surface area contributed by atoms with Crippen LogP contribution in [-0.2, 0) is 18.3 Å². The highest BCUT2D eigenvalue weighted by Crippen LogP contribution is 2.25. The average molecular weight is 337 g/mol. The molecule has 0 aromatic carbocycles. The van der Waals surface area contributed by atoms with Crippen LogP contribution in [0.4, 0.5) is 13.2 Å². The molecule has 2 rings (SSSR count). The van der Waals surface area contributed by atoms with E-state index in [1.54, 1.807) is 6.92 Å². The number of halogens is 3. The summed E-state index contributed by atoms with van der Waals surface area (Å²) in [5.74, 6) is 0.0892. The molecule has 9 heteroatoms. The van der Waals surface area contributed by atoms with Crippen molar-refractivity contribution in [2.45, 2.75) is 38.1 Å². The van der Waals surface area contributed by atoms with Crippen LogP contribution in [0, 0.1) is 6.92 Å². The molecule has 2 heterocycles. The van der Waals surface area contributed by atoms with E-state index in [9.17, 15) is 18.3 Å². The molecule has 1 saturated heterocycles. The van der Waals surface area contributed by atoms with Crippen LogP contribution < -0.4 is 10.1 Å². The molecule has 23 heavy (non-hydrogen) atoms. The first-order valence-corrected chi connectivity index (χ1v) is 7.43. The minimum atomic E-state index is -4.40. The van der Waals surface area contributed by atoms with Crippen LogP contribution in [0.3, 0.4) is 0 Å². The summed E-state index contributed by atoms with van der Waals surface area (Å²) >= 11 is 0. The molecule has 0 unspecified atom stereocenters. The molecule has 0 amide bonds. The van der Waals surface area contributed by atoms with E-state index in [0.717, 1.165) is 0 Å². The molecule has 0 saturated carbocycles. The number of hydrogen-bond donors (Lipinski definition) is 2. The van der Waals surface area contributed by atoms with Crippen LogP contribution in [-0.4, -0.2) is 53.0 Å². The largest absolute Gasteiger partial charge is 0.468 e. The molecular weight excluding hydrogens is 315 g/mol. The second-order valence-corrected chi connectivity index (χ2v) is 5.84. The molecule has 1 aromatic rings. The third kappa shape index (κ3) is 5.08. The molecule has 132 valence electrons. The van der Waals surface area contributed by atoms with Crippen LogP contribution in [0.5, 0.6) is 5.88 Å². The lowest BCUT2D eigenvalue weighted by atomic mass is 9.94. The Kier molecular flexibility index (Phi) is 5.53. The Hall–Kier alpha value is -1.32. The maximum absolute atomic E-state index is 12.3. The van der Waals surface area contributed by atoms with Crippen LogP contribution in [0.2, 0.25) is 0 Å². The summed E-state index contributed by atoms with van der Waals surface area (Å²) in [4.78, 5) is 0. The smallest absolute Gasteiger partial charge is 0.422 e. The lowest BCUT2D eigenvalue weighted by Gasteiger charge is -2.32. The van der Waals surface area contributed by atoms with Crippen LogP contribution in [0.15, 0.2) is 0 Å². The molecule has 0 bridgehead atoms. The standard InChI is InChI=1S/C14H22F3N3O3/c1-10-11(7-18-8-13(21)3-5-22-6-4-13)12(20(2)19-10)23-9-14(15,16)17/h18,21H,3-9H2,1-2H3. The molecule has 1 aliphatic heterocycles. The number of nitrogens with zero attached hydrogens (tertiary/aromatic N) is 2. The van der Waals surface area contributed by atoms with Crippen molar-refractivity contribution in [3.8, 4) is 5.88 Å². The second kappa shape index (κ2) is 7.06. The highest BCUT2D eigenvalue weighted by molar-refractivity contribution is 5.31. The first kappa shape index (κ1) is 18.0. The second-order valence-electron chi connectivity index (χ2n) is 5.84. The van der Waals surface area contributed by atoms with Gasteiger partial charge in [-0.3, -0.25) is 0 Å². The van der Waals surface area contributed by atoms with Gasteiger partial charge >= 0.3 is 6.18 Å². The molecule has 2 N–H and O–H groups in total. The van der Waals surface area contributed by atoms with Crippen molar-refractivity contribution < 1.29 is 27.8 Å². The van der Waals surface area contributed by atoms with Gasteiger partial charge in [-0.15, -0.1) is 0 Å². The van der Waals surface area contributed by atoms with Gasteiger partial charge in [-0.1, -0.05) is 0 Å². The predicted molar refractivity (Wildman–Crippen MR) is 76.2 cm³/mol. The quantitative estimate of drug-likeness (QED) is 0.819. The number of aryl methyl sites for hydroxylation is 2. The number of nitrogens with one attached hydrogen (secondary N) is 1. The predicted octanol–water partition coefficient (Wildman–Crippen LogP) is 1.30. The van der Waals surface area contributed by atoms with Gasteiger partial charge < -0.3 is 19.9 Å². The van der Waals surface area contributed by atoms with E-state index in [0.29, 0.717) is 43.9 Å². The molecule has 1 aliphatic rings. The van der Waals surface area contributed by atoms with Crippen molar-refractivity contribution in [3.05, 3.63) is 11.3 Å². The van der Waals surface area contributed by atoms with Crippen molar-refractivity contribution in [2.75, 3.05) is 26.4 Å². The molecule has 0 atom stereocenters. The Morgan fingerprint density at radius 3 is 2.65 bits per heavy atom. The third-order valence-corrected chi connectivity index (χ3v) is 3.84. The Morgan fingerprint density at radius 1 is 1.39 bits per heavy atom. The maximum atomic E-state index is 12.3. The zero-order chi connectivity index (χ0) is 17.1. The fraction of sp³-hybridized carbons (Fsp3) is 0.786. The first-order valence-electron chi connectivity index (χ1n) is 7.43. The molecule has 6 nitrogen and oxygen atoms in total. The monoisotopic (exact) mass is 337 g/mol. The number of aliphatic hydroxyl groups is 1. The minimum Gasteiger partial charge on any atom is -0.468 e. The fourth-order valence-electron chi connectivity index (χ4n) is 2.56. The van der Waals surface area contributed by atoms with E-state index in [2.05, 4.69) is 10.4 Å². The Balaban J connectivity index is 1.96. The summed E-state index contributed by atoms with van der Waals surface area (Å²) in [7, 11) is 1.54. The van der Waals surface area contributed by atoms with Gasteiger partial charge in [0, 0.05) is 46.2 Å². The van der Waals surface area contributed by atoms with Crippen molar-refractivity contribution in [1.82, 2.24) is 15.1 Å². The highest BCUT2D eigenvalue weighted by atomic mass is 19.4. The Labute approximate surface area is 132 Å². The van der Waals surface area contributed by atoms with E-state index in [-0.39, 0.29) is 12.4 Å². The number of ether oxygens (including phenoxy) is 2. The van der Waals surface area contributed by atoms with Gasteiger partial charge in [0.05, 0.1) is 16.9 Å². The lowest BCUT2D eigenvalue weighted by molar-refractivity contribution is -0.154. The molecule has 1 fully saturated rings. The average Bonchev–Trinajstić information content (AvgIpc) is 2.71. The van der Waals surface area contributed by atoms with Crippen molar-refractivity contribution in [3.63, 3.8) is 0 Å². The molecule has 0 radical (unpaired) electrons. The highest BCUT2D eigenvalue weighted by Gasteiger charge is 2.31. The zero-order valence-electron chi connectivity index (χ0n) is 13.2. The zero-order valence-corrected chi connectivity index (χ0v) is 13.2. The molecule has 1 aromatic heterocycles. The van der Waals surface area contributed by atoms with Gasteiger partial charge in [0.2, 0.25) is 5.88 Å². The summed E-state index contributed by atoms with van der Waals surface area (Å²) < 4.78 is 48.4. The number of hydrogen-bond acceptors (Lipinski definition) is 5. The molecular formula is C14H22F3N3O3. The number of aromatic nitrogens is 2. The van der Waals surface area contributed by atoms with Crippen molar-refractivity contribution in [1.29, 1.82) is 0 Å². The van der Waals surface area contributed by atoms with Crippen LogP contribution >= 0.6 is 0 Å². The van der Waals surface area contributed by atoms with Gasteiger partial charge in [-0.2, -0.15) is 18.3 Å². The summed E-state index contributed by atoms with van der Waals surface area (Å²) in [5.41, 5.74) is 0.310. The lowest BCUT2D eigenvalue weighted by Crippen LogP contribution is -2.44. The summed E-state index contributed by atoms with van der Waals surface area (Å²) in [6.07, 6.45) is -3.34. The minimum absolute atomic E-state index is 0.0892. The first-order chi connectivity index (χ1) is 10.7. The van der Waals surface area contributed by atoms with Gasteiger partial charge in [0.1, 0.15) is 0 Å². The summed E-state index contributed by atoms with van der Waals surface area (Å²) in [6.45, 7) is 1.97. The van der Waals surface area contributed by atoms with Crippen molar-refractivity contribution in [2.24, 2.45) is 7.05 Å². The fourth-order valence-corrected chi connectivity index (χ4v) is 2.56. The Morgan fingerprint density at radius 2 is 2.04 bits per heavy atom. The molecule has 0 aliphatic carbocycles. The van der Waals surface area contributed by atoms with Gasteiger partial charge in [-0.25, -0.2) is 4.68 Å². The van der Waals surface area contributed by atoms with E-state index >= 15 is 0 Å². The molecule has 0 spiro atoms. The SMILES string of the molecule is Cc1nn(C)c(OCC(F)(F)F)c1CNCC1(O)CCOCC1. The van der Waals surface area contributed by atoms with Gasteiger partial charge in [0.25, 0.3) is 0 Å². The number of rotatable bonds is 6. The van der Waals surface area contributed by atoms with Crippen LogP contribution in [0.1, 0.15) is 24.1 Å². The van der Waals surface area contributed by atoms with Crippen molar-refractivity contribution >= 4 is 0 Å². The number of alkyl halides is 3. The third-order valence-electron chi connectivity index (χ3n) is 3.84. The maximum Gasteiger partial charge on any atom is 0.422 e. The van der Waals surface area contributed by atoms with Gasteiger partial charge in [0.15, 0.2) is 6.61 Å². The Bertz CT molecular complexity index is 525. The van der Waals surface area contributed by atoms with E-state index in [4.69, 9.17) is 9.47 Å². The van der Waals surface area contributed by atoms with Crippen LogP contribution in [0.25, 0.3) is 0 Å². The van der Waals surface area contributed by atoms with E-state index in [1.165, 1.54) is 11.7 Å². The van der Waals surface area contributed by atoms with E-state index < -0.39 is 18.4 Å². The summed E-state index contributed by atoms with van der Waals surface area (Å²) in [5, 5.41) is 17.5. The van der Waals surface area contributed by atoms with E-state index in [1.807, 2.05) is 0 Å². The van der Waals surface area contributed by atoms with Gasteiger partial charge in [-0.05, 0) is 6.92 Å².